The maximum Gasteiger partial charge on any atom is 0.126 e. The van der Waals surface area contributed by atoms with Crippen LogP contribution in [0.15, 0.2) is 18.2 Å². The van der Waals surface area contributed by atoms with E-state index in [0.29, 0.717) is 6.54 Å². The minimum Gasteiger partial charge on any atom is -0.496 e. The Kier molecular flexibility index (Phi) is 3.81. The summed E-state index contributed by atoms with van der Waals surface area (Å²) in [5, 5.41) is 0. The van der Waals surface area contributed by atoms with E-state index in [1.807, 2.05) is 25.1 Å². The predicted molar refractivity (Wildman–Crippen MR) is 76.1 cm³/mol. The molecule has 0 aliphatic heterocycles. The summed E-state index contributed by atoms with van der Waals surface area (Å²) in [5.74, 6) is 1.64. The molecule has 0 atom stereocenters. The molecule has 19 heavy (non-hydrogen) atoms. The van der Waals surface area contributed by atoms with Gasteiger partial charge in [0.05, 0.1) is 18.5 Å². The monoisotopic (exact) mass is 257 g/mol. The van der Waals surface area contributed by atoms with Crippen LogP contribution in [0, 0.1) is 20.8 Å². The quantitative estimate of drug-likeness (QED) is 0.918. The molecule has 100 valence electrons. The average Bonchev–Trinajstić information content (AvgIpc) is 2.41. The van der Waals surface area contributed by atoms with Crippen LogP contribution in [0.3, 0.4) is 0 Å². The molecule has 0 aliphatic carbocycles. The van der Waals surface area contributed by atoms with E-state index in [2.05, 4.69) is 23.8 Å². The zero-order chi connectivity index (χ0) is 14.0. The second-order valence-electron chi connectivity index (χ2n) is 4.56. The SMILES string of the molecule is COc1ccc(-c2cc(CN)nc(C)n2)c(C)c1C. The zero-order valence-electron chi connectivity index (χ0n) is 11.8. The van der Waals surface area contributed by atoms with Gasteiger partial charge in [0.2, 0.25) is 0 Å². The molecule has 1 aromatic carbocycles. The molecular formula is C15H19N3O. The molecule has 0 unspecified atom stereocenters. The molecule has 0 radical (unpaired) electrons. The molecule has 1 aromatic heterocycles. The lowest BCUT2D eigenvalue weighted by Gasteiger charge is -2.13. The van der Waals surface area contributed by atoms with E-state index in [9.17, 15) is 0 Å². The van der Waals surface area contributed by atoms with Gasteiger partial charge in [-0.05, 0) is 50.1 Å². The van der Waals surface area contributed by atoms with Gasteiger partial charge in [0.1, 0.15) is 11.6 Å². The third-order valence-electron chi connectivity index (χ3n) is 3.33. The number of aryl methyl sites for hydroxylation is 1. The van der Waals surface area contributed by atoms with Gasteiger partial charge in [-0.1, -0.05) is 0 Å². The van der Waals surface area contributed by atoms with Crippen molar-refractivity contribution in [2.75, 3.05) is 7.11 Å². The van der Waals surface area contributed by atoms with Crippen molar-refractivity contribution in [2.45, 2.75) is 27.3 Å². The van der Waals surface area contributed by atoms with Crippen molar-refractivity contribution in [2.24, 2.45) is 5.73 Å². The third kappa shape index (κ3) is 2.58. The number of nitrogens with two attached hydrogens (primary N) is 1. The summed E-state index contributed by atoms with van der Waals surface area (Å²) in [4.78, 5) is 8.80. The fourth-order valence-corrected chi connectivity index (χ4v) is 2.17. The Hall–Kier alpha value is -1.94. The topological polar surface area (TPSA) is 61.0 Å². The molecule has 4 heteroatoms. The van der Waals surface area contributed by atoms with E-state index in [0.717, 1.165) is 34.1 Å². The predicted octanol–water partition coefficient (Wildman–Crippen LogP) is 2.54. The van der Waals surface area contributed by atoms with E-state index in [1.54, 1.807) is 7.11 Å². The van der Waals surface area contributed by atoms with Gasteiger partial charge in [0.25, 0.3) is 0 Å². The van der Waals surface area contributed by atoms with Crippen LogP contribution >= 0.6 is 0 Å². The van der Waals surface area contributed by atoms with Gasteiger partial charge in [-0.2, -0.15) is 0 Å². The van der Waals surface area contributed by atoms with Crippen molar-refractivity contribution in [1.29, 1.82) is 0 Å². The van der Waals surface area contributed by atoms with E-state index in [1.165, 1.54) is 5.56 Å². The van der Waals surface area contributed by atoms with Crippen molar-refractivity contribution in [1.82, 2.24) is 9.97 Å². The Balaban J connectivity index is 2.59. The first kappa shape index (κ1) is 13.5. The smallest absolute Gasteiger partial charge is 0.126 e. The maximum absolute atomic E-state index is 5.67. The first-order chi connectivity index (χ1) is 9.06. The lowest BCUT2D eigenvalue weighted by Crippen LogP contribution is -2.04. The Labute approximate surface area is 113 Å². The van der Waals surface area contributed by atoms with Crippen LogP contribution in [0.1, 0.15) is 22.6 Å². The molecule has 0 bridgehead atoms. The highest BCUT2D eigenvalue weighted by atomic mass is 16.5. The van der Waals surface area contributed by atoms with E-state index in [4.69, 9.17) is 10.5 Å². The standard InChI is InChI=1S/C15H19N3O/c1-9-10(2)15(19-4)6-5-13(9)14-7-12(8-16)17-11(3)18-14/h5-7H,8,16H2,1-4H3. The molecule has 0 spiro atoms. The Bertz CT molecular complexity index is 609. The number of rotatable bonds is 3. The highest BCUT2D eigenvalue weighted by Gasteiger charge is 2.11. The van der Waals surface area contributed by atoms with Crippen molar-refractivity contribution < 1.29 is 4.74 Å². The molecule has 2 N–H and O–H groups in total. The van der Waals surface area contributed by atoms with E-state index >= 15 is 0 Å². The largest absolute Gasteiger partial charge is 0.496 e. The van der Waals surface area contributed by atoms with Crippen LogP contribution in [-0.4, -0.2) is 17.1 Å². The summed E-state index contributed by atoms with van der Waals surface area (Å²) in [6, 6.07) is 5.95. The first-order valence-electron chi connectivity index (χ1n) is 6.26. The molecule has 4 nitrogen and oxygen atoms in total. The lowest BCUT2D eigenvalue weighted by atomic mass is 9.99. The fourth-order valence-electron chi connectivity index (χ4n) is 2.17. The normalized spacial score (nSPS) is 10.6. The number of methoxy groups -OCH3 is 1. The second-order valence-corrected chi connectivity index (χ2v) is 4.56. The summed E-state index contributed by atoms with van der Waals surface area (Å²) in [6.45, 7) is 6.43. The van der Waals surface area contributed by atoms with Crippen molar-refractivity contribution in [3.8, 4) is 17.0 Å². The van der Waals surface area contributed by atoms with Crippen LogP contribution in [0.5, 0.6) is 5.75 Å². The van der Waals surface area contributed by atoms with Crippen LogP contribution < -0.4 is 10.5 Å². The Morgan fingerprint density at radius 3 is 2.47 bits per heavy atom. The summed E-state index contributed by atoms with van der Waals surface area (Å²) in [5.41, 5.74) is 10.8. The molecule has 0 saturated heterocycles. The van der Waals surface area contributed by atoms with Crippen LogP contribution in [-0.2, 0) is 6.54 Å². The van der Waals surface area contributed by atoms with Crippen molar-refractivity contribution in [3.63, 3.8) is 0 Å². The van der Waals surface area contributed by atoms with Gasteiger partial charge in [-0.25, -0.2) is 9.97 Å². The van der Waals surface area contributed by atoms with Gasteiger partial charge in [-0.3, -0.25) is 0 Å². The second kappa shape index (κ2) is 5.36. The number of hydrogen-bond acceptors (Lipinski definition) is 4. The molecular weight excluding hydrogens is 238 g/mol. The number of aromatic nitrogens is 2. The average molecular weight is 257 g/mol. The molecule has 0 fully saturated rings. The van der Waals surface area contributed by atoms with Crippen LogP contribution in [0.4, 0.5) is 0 Å². The van der Waals surface area contributed by atoms with Gasteiger partial charge in [-0.15, -0.1) is 0 Å². The zero-order valence-corrected chi connectivity index (χ0v) is 11.8. The fraction of sp³-hybridized carbons (Fsp3) is 0.333. The van der Waals surface area contributed by atoms with E-state index < -0.39 is 0 Å². The summed E-state index contributed by atoms with van der Waals surface area (Å²) in [7, 11) is 1.68. The Morgan fingerprint density at radius 2 is 1.84 bits per heavy atom. The molecule has 0 aliphatic rings. The van der Waals surface area contributed by atoms with Crippen molar-refractivity contribution in [3.05, 3.63) is 40.8 Å². The highest BCUT2D eigenvalue weighted by molar-refractivity contribution is 5.67. The number of nitrogens with zero attached hydrogens (tertiary/aromatic N) is 2. The lowest BCUT2D eigenvalue weighted by molar-refractivity contribution is 0.411. The van der Waals surface area contributed by atoms with E-state index in [-0.39, 0.29) is 0 Å². The minimum absolute atomic E-state index is 0.421. The summed E-state index contributed by atoms with van der Waals surface area (Å²) in [6.07, 6.45) is 0. The summed E-state index contributed by atoms with van der Waals surface area (Å²) >= 11 is 0. The van der Waals surface area contributed by atoms with Gasteiger partial charge in [0.15, 0.2) is 0 Å². The molecule has 0 saturated carbocycles. The minimum atomic E-state index is 0.421. The van der Waals surface area contributed by atoms with Gasteiger partial charge in [0, 0.05) is 12.1 Å². The van der Waals surface area contributed by atoms with Gasteiger partial charge >= 0.3 is 0 Å². The van der Waals surface area contributed by atoms with Crippen molar-refractivity contribution >= 4 is 0 Å². The number of hydrogen-bond donors (Lipinski definition) is 1. The molecule has 2 rings (SSSR count). The third-order valence-corrected chi connectivity index (χ3v) is 3.33. The summed E-state index contributed by atoms with van der Waals surface area (Å²) < 4.78 is 5.33. The van der Waals surface area contributed by atoms with Crippen LogP contribution in [0.2, 0.25) is 0 Å². The molecule has 0 amide bonds. The Morgan fingerprint density at radius 1 is 1.11 bits per heavy atom. The number of ether oxygens (including phenoxy) is 1. The van der Waals surface area contributed by atoms with Crippen LogP contribution in [0.25, 0.3) is 11.3 Å². The molecule has 1 heterocycles. The number of benzene rings is 1. The maximum atomic E-state index is 5.67. The highest BCUT2D eigenvalue weighted by Crippen LogP contribution is 2.30. The first-order valence-corrected chi connectivity index (χ1v) is 6.26. The van der Waals surface area contributed by atoms with Gasteiger partial charge < -0.3 is 10.5 Å². The molecule has 2 aromatic rings.